The molecule has 226 valence electrons. The van der Waals surface area contributed by atoms with E-state index in [2.05, 4.69) is 30.7 Å². The molecule has 0 fully saturated rings. The Balaban J connectivity index is 1.43. The molecule has 1 aromatic carbocycles. The molecule has 4 aromatic heterocycles. The summed E-state index contributed by atoms with van der Waals surface area (Å²) in [6.07, 6.45) is 9.20. The highest BCUT2D eigenvalue weighted by molar-refractivity contribution is 6.31. The van der Waals surface area contributed by atoms with Crippen molar-refractivity contribution in [2.24, 2.45) is 5.92 Å². The standard InChI is InChI=1S/C30H29Cl2N9O3/c1-18-4-2-3-5-26(23-12-19(8-9-33-23)29-24(36-30(18)44)15-35-40(29)10-11-42)39-17-34-22(14-28(39)43)21-13-20(31)6-7-25(21)41-16-27(32)37-38-41/h6-9,12-18,26,42H,2-5,10-11H2,1H3,(H,36,44)/t18-,26+/m1/s1. The molecular weight excluding hydrogens is 605 g/mol. The van der Waals surface area contributed by atoms with Crippen LogP contribution in [0.4, 0.5) is 5.69 Å². The summed E-state index contributed by atoms with van der Waals surface area (Å²) in [6.45, 7) is 2.03. The van der Waals surface area contributed by atoms with Gasteiger partial charge in [0, 0.05) is 34.3 Å². The van der Waals surface area contributed by atoms with Crippen molar-refractivity contribution in [1.29, 1.82) is 0 Å². The second-order valence-electron chi connectivity index (χ2n) is 10.7. The van der Waals surface area contributed by atoms with Crippen molar-refractivity contribution in [3.05, 3.63) is 87.5 Å². The van der Waals surface area contributed by atoms with E-state index in [0.29, 0.717) is 51.9 Å². The maximum absolute atomic E-state index is 13.8. The van der Waals surface area contributed by atoms with E-state index in [9.17, 15) is 14.7 Å². The molecule has 14 heteroatoms. The highest BCUT2D eigenvalue weighted by Crippen LogP contribution is 2.33. The maximum atomic E-state index is 13.8. The normalized spacial score (nSPS) is 17.2. The van der Waals surface area contributed by atoms with Crippen LogP contribution in [0.25, 0.3) is 28.2 Å². The van der Waals surface area contributed by atoms with Crippen LogP contribution in [-0.4, -0.2) is 56.9 Å². The second kappa shape index (κ2) is 12.7. The summed E-state index contributed by atoms with van der Waals surface area (Å²) in [5.74, 6) is -0.315. The van der Waals surface area contributed by atoms with Crippen molar-refractivity contribution in [3.63, 3.8) is 0 Å². The summed E-state index contributed by atoms with van der Waals surface area (Å²) >= 11 is 12.3. The summed E-state index contributed by atoms with van der Waals surface area (Å²) in [7, 11) is 0. The maximum Gasteiger partial charge on any atom is 0.254 e. The Bertz CT molecular complexity index is 1880. The molecule has 0 saturated heterocycles. The number of benzene rings is 1. The van der Waals surface area contributed by atoms with Gasteiger partial charge in [0.25, 0.3) is 5.56 Å². The number of carbonyl (C=O) groups excluding carboxylic acids is 1. The quantitative estimate of drug-likeness (QED) is 0.281. The van der Waals surface area contributed by atoms with Gasteiger partial charge in [-0.05, 0) is 43.2 Å². The molecule has 0 saturated carbocycles. The minimum absolute atomic E-state index is 0.0931. The molecule has 0 spiro atoms. The summed E-state index contributed by atoms with van der Waals surface area (Å²) in [5, 5.41) is 25.7. The minimum Gasteiger partial charge on any atom is -0.394 e. The Hall–Kier alpha value is -4.39. The van der Waals surface area contributed by atoms with Crippen LogP contribution in [0.1, 0.15) is 44.3 Å². The zero-order valence-electron chi connectivity index (χ0n) is 23.8. The molecule has 2 N–H and O–H groups in total. The first-order valence-corrected chi connectivity index (χ1v) is 15.0. The summed E-state index contributed by atoms with van der Waals surface area (Å²) in [5.41, 5.74) is 3.98. The SMILES string of the molecule is C[C@@H]1CCCC[C@H](n2cnc(-c3cc(Cl)ccc3-n3cc(Cl)nn3)cc2=O)c2cc(ccn2)-c2c(cnn2CCO)NC1=O. The smallest absolute Gasteiger partial charge is 0.254 e. The number of halogens is 2. The zero-order chi connectivity index (χ0) is 30.8. The first-order valence-electron chi connectivity index (χ1n) is 14.2. The molecular formula is C30H29Cl2N9O3. The van der Waals surface area contributed by atoms with E-state index in [1.165, 1.54) is 17.1 Å². The lowest BCUT2D eigenvalue weighted by Gasteiger charge is -2.20. The van der Waals surface area contributed by atoms with Crippen LogP contribution in [0, 0.1) is 5.92 Å². The Labute approximate surface area is 262 Å². The van der Waals surface area contributed by atoms with Gasteiger partial charge in [0.2, 0.25) is 5.91 Å². The molecule has 1 aliphatic heterocycles. The van der Waals surface area contributed by atoms with Crippen LogP contribution in [0.3, 0.4) is 0 Å². The number of aromatic nitrogens is 8. The lowest BCUT2D eigenvalue weighted by molar-refractivity contribution is -0.119. The van der Waals surface area contributed by atoms with E-state index >= 15 is 0 Å². The Morgan fingerprint density at radius 1 is 1.07 bits per heavy atom. The number of nitrogens with one attached hydrogen (secondary N) is 1. The lowest BCUT2D eigenvalue weighted by atomic mass is 9.99. The topological polar surface area (TPSA) is 146 Å². The molecule has 1 amide bonds. The van der Waals surface area contributed by atoms with Gasteiger partial charge in [-0.15, -0.1) is 5.10 Å². The number of aliphatic hydroxyl groups is 1. The predicted octanol–water partition coefficient (Wildman–Crippen LogP) is 4.79. The van der Waals surface area contributed by atoms with Gasteiger partial charge in [-0.25, -0.2) is 9.67 Å². The number of aliphatic hydroxyl groups excluding tert-OH is 1. The molecule has 0 radical (unpaired) electrons. The van der Waals surface area contributed by atoms with Gasteiger partial charge in [-0.2, -0.15) is 5.10 Å². The number of amides is 1. The van der Waals surface area contributed by atoms with Crippen molar-refractivity contribution < 1.29 is 9.90 Å². The minimum atomic E-state index is -0.422. The van der Waals surface area contributed by atoms with E-state index in [1.807, 2.05) is 19.1 Å². The van der Waals surface area contributed by atoms with Gasteiger partial charge in [0.1, 0.15) is 0 Å². The number of hydrogen-bond donors (Lipinski definition) is 2. The van der Waals surface area contributed by atoms with Gasteiger partial charge in [0.15, 0.2) is 5.15 Å². The molecule has 2 atom stereocenters. The van der Waals surface area contributed by atoms with Crippen molar-refractivity contribution >= 4 is 34.8 Å². The monoisotopic (exact) mass is 633 g/mol. The highest BCUT2D eigenvalue weighted by Gasteiger charge is 2.24. The molecule has 12 nitrogen and oxygen atoms in total. The third-order valence-electron chi connectivity index (χ3n) is 7.74. The van der Waals surface area contributed by atoms with Gasteiger partial charge in [-0.1, -0.05) is 48.2 Å². The largest absolute Gasteiger partial charge is 0.394 e. The summed E-state index contributed by atoms with van der Waals surface area (Å²) in [4.78, 5) is 36.1. The van der Waals surface area contributed by atoms with Crippen molar-refractivity contribution in [3.8, 4) is 28.2 Å². The van der Waals surface area contributed by atoms with E-state index in [1.54, 1.807) is 46.0 Å². The number of fused-ring (bicyclic) bond motifs is 4. The van der Waals surface area contributed by atoms with Crippen LogP contribution in [0.15, 0.2) is 66.1 Å². The fourth-order valence-electron chi connectivity index (χ4n) is 5.49. The third kappa shape index (κ3) is 6.01. The Morgan fingerprint density at radius 3 is 2.68 bits per heavy atom. The van der Waals surface area contributed by atoms with Crippen molar-refractivity contribution in [2.45, 2.75) is 45.2 Å². The average molecular weight is 635 g/mol. The average Bonchev–Trinajstić information content (AvgIpc) is 3.63. The molecule has 5 heterocycles. The Morgan fingerprint density at radius 2 is 1.91 bits per heavy atom. The second-order valence-corrected chi connectivity index (χ2v) is 11.5. The molecule has 0 unspecified atom stereocenters. The van der Waals surface area contributed by atoms with Crippen LogP contribution in [-0.2, 0) is 11.3 Å². The number of nitrogens with zero attached hydrogens (tertiary/aromatic N) is 8. The summed E-state index contributed by atoms with van der Waals surface area (Å²) < 4.78 is 4.74. The fourth-order valence-corrected chi connectivity index (χ4v) is 5.79. The number of carbonyl (C=O) groups is 1. The molecule has 0 aliphatic carbocycles. The fraction of sp³-hybridized carbons (Fsp3) is 0.300. The molecule has 2 bridgehead atoms. The van der Waals surface area contributed by atoms with Gasteiger partial charge < -0.3 is 10.4 Å². The Kier molecular flexibility index (Phi) is 8.56. The molecule has 1 aliphatic rings. The number of pyridine rings is 1. The molecule has 44 heavy (non-hydrogen) atoms. The number of anilines is 1. The highest BCUT2D eigenvalue weighted by atomic mass is 35.5. The molecule has 5 aromatic rings. The third-order valence-corrected chi connectivity index (χ3v) is 8.14. The van der Waals surface area contributed by atoms with Gasteiger partial charge >= 0.3 is 0 Å². The van der Waals surface area contributed by atoms with Crippen LogP contribution >= 0.6 is 23.2 Å². The lowest BCUT2D eigenvalue weighted by Crippen LogP contribution is -2.26. The van der Waals surface area contributed by atoms with E-state index in [-0.39, 0.29) is 35.7 Å². The van der Waals surface area contributed by atoms with E-state index in [0.717, 1.165) is 18.4 Å². The number of rotatable bonds is 5. The zero-order valence-corrected chi connectivity index (χ0v) is 25.3. The van der Waals surface area contributed by atoms with E-state index in [4.69, 9.17) is 23.2 Å². The predicted molar refractivity (Wildman–Crippen MR) is 166 cm³/mol. The first-order chi connectivity index (χ1) is 21.3. The van der Waals surface area contributed by atoms with Crippen molar-refractivity contribution in [2.75, 3.05) is 11.9 Å². The van der Waals surface area contributed by atoms with Crippen LogP contribution in [0.2, 0.25) is 10.2 Å². The first kappa shape index (κ1) is 29.7. The van der Waals surface area contributed by atoms with Crippen molar-refractivity contribution in [1.82, 2.24) is 39.3 Å². The summed E-state index contributed by atoms with van der Waals surface area (Å²) in [6, 6.07) is 9.96. The molecule has 6 rings (SSSR count). The van der Waals surface area contributed by atoms with E-state index < -0.39 is 6.04 Å². The van der Waals surface area contributed by atoms with Crippen LogP contribution in [0.5, 0.6) is 0 Å². The van der Waals surface area contributed by atoms with Gasteiger partial charge in [0.05, 0.1) is 66.4 Å². The van der Waals surface area contributed by atoms with Gasteiger partial charge in [-0.3, -0.25) is 23.8 Å². The van der Waals surface area contributed by atoms with Crippen LogP contribution < -0.4 is 10.9 Å². The number of hydrogen-bond acceptors (Lipinski definition) is 8.